The molecule has 1 unspecified atom stereocenters. The molecule has 0 spiro atoms. The summed E-state index contributed by atoms with van der Waals surface area (Å²) in [7, 11) is -0.924. The third-order valence-electron chi connectivity index (χ3n) is 5.37. The summed E-state index contributed by atoms with van der Waals surface area (Å²) in [5.74, 6) is -0.406. The van der Waals surface area contributed by atoms with Gasteiger partial charge in [-0.25, -0.2) is 13.3 Å². The second-order valence-electron chi connectivity index (χ2n) is 9.31. The maximum absolute atomic E-state index is 14.0. The molecule has 1 atom stereocenters. The van der Waals surface area contributed by atoms with Crippen LogP contribution in [-0.2, 0) is 24.0 Å². The summed E-state index contributed by atoms with van der Waals surface area (Å²) in [5, 5.41) is 1.65. The van der Waals surface area contributed by atoms with E-state index >= 15 is 0 Å². The highest BCUT2D eigenvalue weighted by Gasteiger charge is 2.28. The highest BCUT2D eigenvalue weighted by Crippen LogP contribution is 2.35. The van der Waals surface area contributed by atoms with Gasteiger partial charge in [0.1, 0.15) is 5.82 Å². The van der Waals surface area contributed by atoms with Crippen LogP contribution in [0.25, 0.3) is 22.0 Å². The van der Waals surface area contributed by atoms with Gasteiger partial charge in [0.25, 0.3) is 0 Å². The first-order valence-corrected chi connectivity index (χ1v) is 12.0. The highest BCUT2D eigenvalue weighted by atomic mass is 35.5. The first kappa shape index (κ1) is 21.5. The number of halogens is 2. The monoisotopic (exact) mass is 446 g/mol. The summed E-state index contributed by atoms with van der Waals surface area (Å²) in [6.07, 6.45) is 5.26. The van der Waals surface area contributed by atoms with E-state index in [0.29, 0.717) is 17.4 Å². The van der Waals surface area contributed by atoms with Gasteiger partial charge in [0, 0.05) is 41.0 Å². The van der Waals surface area contributed by atoms with Crippen LogP contribution in [0.2, 0.25) is 5.02 Å². The van der Waals surface area contributed by atoms with Crippen molar-refractivity contribution < 1.29 is 8.60 Å². The molecule has 160 valence electrons. The van der Waals surface area contributed by atoms with Crippen molar-refractivity contribution in [1.29, 1.82) is 0 Å². The predicted molar refractivity (Wildman–Crippen MR) is 125 cm³/mol. The van der Waals surface area contributed by atoms with Crippen LogP contribution >= 0.6 is 11.6 Å². The Morgan fingerprint density at radius 2 is 2.00 bits per heavy atom. The normalized spacial score (nSPS) is 15.6. The summed E-state index contributed by atoms with van der Waals surface area (Å²) < 4.78 is 31.4. The SMILES string of the molecule is CC(C)(C)Cc1cn(CCNS(=O)C2CC2)c2ccc(-c3cccc(F)c3Cl)cc12. The van der Waals surface area contributed by atoms with Crippen molar-refractivity contribution in [2.24, 2.45) is 5.41 Å². The molecule has 1 heterocycles. The lowest BCUT2D eigenvalue weighted by molar-refractivity contribution is 0.412. The highest BCUT2D eigenvalue weighted by molar-refractivity contribution is 7.84. The average Bonchev–Trinajstić information content (AvgIpc) is 3.48. The Kier molecular flexibility index (Phi) is 6.06. The second-order valence-corrected chi connectivity index (χ2v) is 11.2. The van der Waals surface area contributed by atoms with Gasteiger partial charge in [-0.2, -0.15) is 0 Å². The molecule has 4 rings (SSSR count). The minimum Gasteiger partial charge on any atom is -0.346 e. The van der Waals surface area contributed by atoms with Crippen molar-refractivity contribution in [3.05, 3.63) is 59.0 Å². The lowest BCUT2D eigenvalue weighted by atomic mass is 9.88. The van der Waals surface area contributed by atoms with Crippen LogP contribution < -0.4 is 4.72 Å². The summed E-state index contributed by atoms with van der Waals surface area (Å²) in [5.41, 5.74) is 4.14. The maximum atomic E-state index is 14.0. The third-order valence-corrected chi connectivity index (χ3v) is 7.32. The average molecular weight is 447 g/mol. The van der Waals surface area contributed by atoms with Crippen LogP contribution in [0, 0.1) is 11.2 Å². The lowest BCUT2D eigenvalue weighted by Crippen LogP contribution is -2.24. The Morgan fingerprint density at radius 3 is 2.70 bits per heavy atom. The fourth-order valence-electron chi connectivity index (χ4n) is 3.83. The molecule has 0 aliphatic heterocycles. The molecule has 1 fully saturated rings. The topological polar surface area (TPSA) is 34.0 Å². The van der Waals surface area contributed by atoms with Gasteiger partial charge in [-0.1, -0.05) is 50.6 Å². The molecule has 0 bridgehead atoms. The summed E-state index contributed by atoms with van der Waals surface area (Å²) >= 11 is 6.24. The molecular weight excluding hydrogens is 419 g/mol. The van der Waals surface area contributed by atoms with E-state index in [-0.39, 0.29) is 10.4 Å². The third kappa shape index (κ3) is 4.79. The van der Waals surface area contributed by atoms with Crippen LogP contribution in [0.1, 0.15) is 39.2 Å². The van der Waals surface area contributed by atoms with Crippen molar-refractivity contribution in [2.75, 3.05) is 6.54 Å². The van der Waals surface area contributed by atoms with Gasteiger partial charge in [-0.15, -0.1) is 0 Å². The van der Waals surface area contributed by atoms with Crippen molar-refractivity contribution in [2.45, 2.75) is 51.8 Å². The van der Waals surface area contributed by atoms with Gasteiger partial charge in [0.05, 0.1) is 16.0 Å². The fraction of sp³-hybridized carbons (Fsp3) is 0.417. The van der Waals surface area contributed by atoms with Crippen LogP contribution in [-0.4, -0.2) is 20.6 Å². The Balaban J connectivity index is 1.68. The van der Waals surface area contributed by atoms with Crippen LogP contribution in [0.4, 0.5) is 4.39 Å². The summed E-state index contributed by atoms with van der Waals surface area (Å²) in [6.45, 7) is 8.09. The van der Waals surface area contributed by atoms with Crippen molar-refractivity contribution in [3.8, 4) is 11.1 Å². The zero-order valence-corrected chi connectivity index (χ0v) is 19.2. The molecule has 1 aromatic heterocycles. The number of hydrogen-bond acceptors (Lipinski definition) is 1. The molecule has 1 aliphatic carbocycles. The van der Waals surface area contributed by atoms with E-state index in [0.717, 1.165) is 42.3 Å². The Labute approximate surface area is 185 Å². The van der Waals surface area contributed by atoms with Crippen molar-refractivity contribution >= 4 is 33.5 Å². The molecule has 0 amide bonds. The first-order chi connectivity index (χ1) is 14.2. The van der Waals surface area contributed by atoms with Gasteiger partial charge in [-0.3, -0.25) is 0 Å². The molecule has 6 heteroatoms. The van der Waals surface area contributed by atoms with Crippen LogP contribution in [0.5, 0.6) is 0 Å². The number of benzene rings is 2. The summed E-state index contributed by atoms with van der Waals surface area (Å²) in [4.78, 5) is 0. The number of hydrogen-bond donors (Lipinski definition) is 1. The number of nitrogens with one attached hydrogen (secondary N) is 1. The van der Waals surface area contributed by atoms with E-state index in [1.54, 1.807) is 6.07 Å². The molecule has 3 aromatic rings. The van der Waals surface area contributed by atoms with Gasteiger partial charge >= 0.3 is 0 Å². The van der Waals surface area contributed by atoms with E-state index < -0.39 is 16.8 Å². The molecule has 3 nitrogen and oxygen atoms in total. The first-order valence-electron chi connectivity index (χ1n) is 10.4. The van der Waals surface area contributed by atoms with E-state index in [2.05, 4.69) is 48.4 Å². The fourth-order valence-corrected chi connectivity index (χ4v) is 5.16. The predicted octanol–water partition coefficient (Wildman–Crippen LogP) is 6.11. The van der Waals surface area contributed by atoms with Crippen LogP contribution in [0.3, 0.4) is 0 Å². The zero-order chi connectivity index (χ0) is 21.5. The molecule has 1 aliphatic rings. The molecular formula is C24H28ClFN2OS. The van der Waals surface area contributed by atoms with Gasteiger partial charge in [0.15, 0.2) is 0 Å². The van der Waals surface area contributed by atoms with Gasteiger partial charge in [0.2, 0.25) is 0 Å². The number of fused-ring (bicyclic) bond motifs is 1. The Morgan fingerprint density at radius 1 is 1.23 bits per heavy atom. The van der Waals surface area contributed by atoms with E-state index in [1.807, 2.05) is 12.1 Å². The standard InChI is InChI=1S/C24H28ClFN2OS/c1-24(2,3)14-17-15-28(12-11-27-30(29)18-8-9-18)22-10-7-16(13-20(17)22)19-5-4-6-21(26)23(19)25/h4-7,10,13,15,18,27H,8-9,11-12,14H2,1-3H3. The van der Waals surface area contributed by atoms with Crippen LogP contribution in [0.15, 0.2) is 42.6 Å². The Bertz CT molecular complexity index is 1100. The minimum absolute atomic E-state index is 0.136. The Hall–Kier alpha value is -1.69. The maximum Gasteiger partial charge on any atom is 0.142 e. The van der Waals surface area contributed by atoms with E-state index in [1.165, 1.54) is 11.6 Å². The molecule has 30 heavy (non-hydrogen) atoms. The number of nitrogens with zero attached hydrogens (tertiary/aromatic N) is 1. The van der Waals surface area contributed by atoms with Crippen molar-refractivity contribution in [3.63, 3.8) is 0 Å². The molecule has 0 saturated heterocycles. The van der Waals surface area contributed by atoms with E-state index in [4.69, 9.17) is 11.6 Å². The second kappa shape index (κ2) is 8.45. The largest absolute Gasteiger partial charge is 0.346 e. The van der Waals surface area contributed by atoms with E-state index in [9.17, 15) is 8.60 Å². The zero-order valence-electron chi connectivity index (χ0n) is 17.7. The number of rotatable bonds is 7. The lowest BCUT2D eigenvalue weighted by Gasteiger charge is -2.17. The molecule has 0 radical (unpaired) electrons. The summed E-state index contributed by atoms with van der Waals surface area (Å²) in [6, 6.07) is 11.1. The van der Waals surface area contributed by atoms with Crippen molar-refractivity contribution in [1.82, 2.24) is 9.29 Å². The van der Waals surface area contributed by atoms with Gasteiger partial charge < -0.3 is 4.57 Å². The van der Waals surface area contributed by atoms with Gasteiger partial charge in [-0.05, 0) is 54.0 Å². The number of aromatic nitrogens is 1. The smallest absolute Gasteiger partial charge is 0.142 e. The quantitative estimate of drug-likeness (QED) is 0.467. The molecule has 2 aromatic carbocycles. The minimum atomic E-state index is -0.924. The molecule has 1 N–H and O–H groups in total. The molecule has 1 saturated carbocycles.